The molecule has 2 aromatic rings. The predicted octanol–water partition coefficient (Wildman–Crippen LogP) is 3.19. The topological polar surface area (TPSA) is 66.8 Å². The van der Waals surface area contributed by atoms with Gasteiger partial charge in [-0.25, -0.2) is 4.79 Å². The number of aromatic carboxylic acids is 1. The summed E-state index contributed by atoms with van der Waals surface area (Å²) in [6.07, 6.45) is 0. The Balaban J connectivity index is 1.88. The first-order valence-electron chi connectivity index (χ1n) is 6.94. The number of ether oxygens (including phenoxy) is 1. The van der Waals surface area contributed by atoms with Gasteiger partial charge < -0.3 is 14.7 Å². The van der Waals surface area contributed by atoms with E-state index in [0.29, 0.717) is 29.5 Å². The number of carbonyl (C=O) groups is 2. The van der Waals surface area contributed by atoms with Crippen LogP contribution in [-0.2, 0) is 0 Å². The Morgan fingerprint density at radius 1 is 1.13 bits per heavy atom. The van der Waals surface area contributed by atoms with Gasteiger partial charge in [0.2, 0.25) is 0 Å². The molecule has 120 valence electrons. The highest BCUT2D eigenvalue weighted by atomic mass is 35.5. The van der Waals surface area contributed by atoms with Crippen LogP contribution in [0.15, 0.2) is 48.5 Å². The molecule has 1 amide bonds. The summed E-state index contributed by atoms with van der Waals surface area (Å²) >= 11 is 5.87. The molecule has 0 unspecified atom stereocenters. The number of halogens is 1. The molecule has 0 aromatic heterocycles. The first kappa shape index (κ1) is 16.8. The summed E-state index contributed by atoms with van der Waals surface area (Å²) < 4.78 is 5.54. The van der Waals surface area contributed by atoms with Gasteiger partial charge in [0.15, 0.2) is 0 Å². The summed E-state index contributed by atoms with van der Waals surface area (Å²) in [6.45, 7) is 0.724. The minimum Gasteiger partial charge on any atom is -0.492 e. The fourth-order valence-corrected chi connectivity index (χ4v) is 2.11. The van der Waals surface area contributed by atoms with Crippen molar-refractivity contribution in [1.82, 2.24) is 4.90 Å². The summed E-state index contributed by atoms with van der Waals surface area (Å²) in [5.41, 5.74) is 0.578. The molecule has 2 rings (SSSR count). The first-order chi connectivity index (χ1) is 11.0. The van der Waals surface area contributed by atoms with E-state index in [1.807, 2.05) is 0 Å². The van der Waals surface area contributed by atoms with E-state index in [1.165, 1.54) is 29.2 Å². The van der Waals surface area contributed by atoms with Crippen molar-refractivity contribution < 1.29 is 19.4 Å². The Morgan fingerprint density at radius 3 is 2.39 bits per heavy atom. The number of benzene rings is 2. The summed E-state index contributed by atoms with van der Waals surface area (Å²) in [4.78, 5) is 24.5. The molecule has 23 heavy (non-hydrogen) atoms. The fourth-order valence-electron chi connectivity index (χ4n) is 1.93. The number of carbonyl (C=O) groups excluding carboxylic acids is 1. The number of hydrogen-bond acceptors (Lipinski definition) is 3. The molecule has 0 aliphatic rings. The van der Waals surface area contributed by atoms with E-state index in [-0.39, 0.29) is 11.5 Å². The minimum absolute atomic E-state index is 0.147. The van der Waals surface area contributed by atoms with Gasteiger partial charge in [-0.3, -0.25) is 4.79 Å². The van der Waals surface area contributed by atoms with Gasteiger partial charge in [-0.15, -0.1) is 0 Å². The van der Waals surface area contributed by atoms with Crippen LogP contribution in [0.1, 0.15) is 20.7 Å². The molecule has 0 heterocycles. The molecule has 0 fully saturated rings. The monoisotopic (exact) mass is 333 g/mol. The second-order valence-electron chi connectivity index (χ2n) is 4.92. The molecule has 0 radical (unpaired) electrons. The highest BCUT2D eigenvalue weighted by Crippen LogP contribution is 2.17. The van der Waals surface area contributed by atoms with Crippen LogP contribution in [0.4, 0.5) is 0 Å². The van der Waals surface area contributed by atoms with Crippen LogP contribution in [0.3, 0.4) is 0 Å². The first-order valence-corrected chi connectivity index (χ1v) is 7.32. The lowest BCUT2D eigenvalue weighted by atomic mass is 10.1. The average Bonchev–Trinajstić information content (AvgIpc) is 2.54. The minimum atomic E-state index is -1.02. The SMILES string of the molecule is CN(CCOc1cccc(Cl)c1)C(=O)c1ccc(C(=O)O)cc1. The average molecular weight is 334 g/mol. The van der Waals surface area contributed by atoms with Gasteiger partial charge in [0.1, 0.15) is 12.4 Å². The van der Waals surface area contributed by atoms with Gasteiger partial charge in [-0.1, -0.05) is 17.7 Å². The Bertz CT molecular complexity index is 700. The Morgan fingerprint density at radius 2 is 1.78 bits per heavy atom. The summed E-state index contributed by atoms with van der Waals surface area (Å²) in [6, 6.07) is 12.9. The van der Waals surface area contributed by atoms with Crippen LogP contribution in [0.25, 0.3) is 0 Å². The highest BCUT2D eigenvalue weighted by Gasteiger charge is 2.12. The van der Waals surface area contributed by atoms with E-state index in [1.54, 1.807) is 31.3 Å². The number of likely N-dealkylation sites (N-methyl/N-ethyl adjacent to an activating group) is 1. The number of hydrogen-bond donors (Lipinski definition) is 1. The maximum atomic E-state index is 12.2. The number of amides is 1. The quantitative estimate of drug-likeness (QED) is 0.881. The third-order valence-electron chi connectivity index (χ3n) is 3.22. The van der Waals surface area contributed by atoms with Crippen LogP contribution in [0, 0.1) is 0 Å². The van der Waals surface area contributed by atoms with Crippen LogP contribution in [0.2, 0.25) is 5.02 Å². The van der Waals surface area contributed by atoms with E-state index >= 15 is 0 Å². The highest BCUT2D eigenvalue weighted by molar-refractivity contribution is 6.30. The molecule has 0 aliphatic heterocycles. The normalized spacial score (nSPS) is 10.2. The predicted molar refractivity (Wildman–Crippen MR) is 87.3 cm³/mol. The van der Waals surface area contributed by atoms with Crippen molar-refractivity contribution in [2.75, 3.05) is 20.2 Å². The van der Waals surface area contributed by atoms with Crippen molar-refractivity contribution in [2.24, 2.45) is 0 Å². The van der Waals surface area contributed by atoms with Crippen molar-refractivity contribution in [2.45, 2.75) is 0 Å². The zero-order valence-corrected chi connectivity index (χ0v) is 13.3. The summed E-state index contributed by atoms with van der Waals surface area (Å²) in [5.74, 6) is -0.576. The van der Waals surface area contributed by atoms with Gasteiger partial charge in [-0.05, 0) is 42.5 Å². The molecular weight excluding hydrogens is 318 g/mol. The number of nitrogens with zero attached hydrogens (tertiary/aromatic N) is 1. The van der Waals surface area contributed by atoms with Gasteiger partial charge in [0.05, 0.1) is 12.1 Å². The molecular formula is C17H16ClNO4. The van der Waals surface area contributed by atoms with Gasteiger partial charge >= 0.3 is 5.97 Å². The Labute approximate surface area is 139 Å². The zero-order valence-electron chi connectivity index (χ0n) is 12.5. The molecule has 0 aliphatic carbocycles. The number of carboxylic acids is 1. The lowest BCUT2D eigenvalue weighted by Gasteiger charge is -2.17. The maximum absolute atomic E-state index is 12.2. The molecule has 0 bridgehead atoms. The molecule has 0 saturated carbocycles. The van der Waals surface area contributed by atoms with Crippen LogP contribution in [-0.4, -0.2) is 42.1 Å². The van der Waals surface area contributed by atoms with Gasteiger partial charge in [-0.2, -0.15) is 0 Å². The molecule has 0 saturated heterocycles. The van der Waals surface area contributed by atoms with Crippen molar-refractivity contribution >= 4 is 23.5 Å². The lowest BCUT2D eigenvalue weighted by molar-refractivity contribution is 0.0695. The molecule has 1 N–H and O–H groups in total. The molecule has 6 heteroatoms. The smallest absolute Gasteiger partial charge is 0.335 e. The van der Waals surface area contributed by atoms with Crippen LogP contribution >= 0.6 is 11.6 Å². The summed E-state index contributed by atoms with van der Waals surface area (Å²) in [5, 5.41) is 9.43. The van der Waals surface area contributed by atoms with E-state index in [4.69, 9.17) is 21.4 Å². The largest absolute Gasteiger partial charge is 0.492 e. The zero-order chi connectivity index (χ0) is 16.8. The molecule has 0 spiro atoms. The van der Waals surface area contributed by atoms with E-state index in [0.717, 1.165) is 0 Å². The number of carboxylic acid groups (broad SMARTS) is 1. The van der Waals surface area contributed by atoms with E-state index in [2.05, 4.69) is 0 Å². The van der Waals surface area contributed by atoms with Crippen molar-refractivity contribution in [3.63, 3.8) is 0 Å². The Kier molecular flexibility index (Phi) is 5.60. The lowest BCUT2D eigenvalue weighted by Crippen LogP contribution is -2.30. The third kappa shape index (κ3) is 4.72. The van der Waals surface area contributed by atoms with Crippen LogP contribution < -0.4 is 4.74 Å². The fraction of sp³-hybridized carbons (Fsp3) is 0.176. The van der Waals surface area contributed by atoms with Gasteiger partial charge in [0.25, 0.3) is 5.91 Å². The molecule has 0 atom stereocenters. The van der Waals surface area contributed by atoms with Gasteiger partial charge in [0, 0.05) is 17.6 Å². The van der Waals surface area contributed by atoms with Crippen molar-refractivity contribution in [1.29, 1.82) is 0 Å². The molecule has 5 nitrogen and oxygen atoms in total. The Hall–Kier alpha value is -2.53. The number of rotatable bonds is 6. The summed E-state index contributed by atoms with van der Waals surface area (Å²) in [7, 11) is 1.66. The van der Waals surface area contributed by atoms with Crippen molar-refractivity contribution in [3.05, 3.63) is 64.7 Å². The standard InChI is InChI=1S/C17H16ClNO4/c1-19(9-10-23-15-4-2-3-14(18)11-15)16(20)12-5-7-13(8-6-12)17(21)22/h2-8,11H,9-10H2,1H3,(H,21,22). The van der Waals surface area contributed by atoms with Crippen LogP contribution in [0.5, 0.6) is 5.75 Å². The third-order valence-corrected chi connectivity index (χ3v) is 3.45. The second kappa shape index (κ2) is 7.65. The molecule has 2 aromatic carbocycles. The van der Waals surface area contributed by atoms with E-state index in [9.17, 15) is 9.59 Å². The van der Waals surface area contributed by atoms with E-state index < -0.39 is 5.97 Å². The maximum Gasteiger partial charge on any atom is 0.335 e. The van der Waals surface area contributed by atoms with Crippen molar-refractivity contribution in [3.8, 4) is 5.75 Å². The second-order valence-corrected chi connectivity index (χ2v) is 5.35.